The van der Waals surface area contributed by atoms with Gasteiger partial charge >= 0.3 is 6.17 Å². The van der Waals surface area contributed by atoms with Gasteiger partial charge in [0.05, 0.1) is 24.0 Å². The first kappa shape index (κ1) is 13.8. The number of imide groups is 1. The summed E-state index contributed by atoms with van der Waals surface area (Å²) in [6.07, 6.45) is 1.70. The fourth-order valence-electron chi connectivity index (χ4n) is 4.15. The molecule has 0 aromatic heterocycles. The molecule has 4 aliphatic heterocycles. The Morgan fingerprint density at radius 2 is 1.58 bits per heavy atom. The fourth-order valence-corrected chi connectivity index (χ4v) is 4.15. The number of hydrogen-bond donors (Lipinski definition) is 0. The molecule has 1 unspecified atom stereocenters. The molecule has 1 aromatic carbocycles. The van der Waals surface area contributed by atoms with Crippen molar-refractivity contribution in [1.82, 2.24) is 10.0 Å². The van der Waals surface area contributed by atoms with Crippen molar-refractivity contribution in [1.29, 1.82) is 0 Å². The summed E-state index contributed by atoms with van der Waals surface area (Å²) in [6.45, 7) is 0. The Kier molecular flexibility index (Phi) is 2.59. The minimum atomic E-state index is -1.09. The molecule has 1 aromatic rings. The van der Waals surface area contributed by atoms with Crippen molar-refractivity contribution in [3.05, 3.63) is 58.2 Å². The molecule has 4 heterocycles. The van der Waals surface area contributed by atoms with Crippen molar-refractivity contribution in [3.63, 3.8) is 0 Å². The standard InChI is InChI=1S/C16H13N3O5/c20-15-11-9-6-7-10(24-9)12(11)16(21)18(15)17-13(14(17)19(22)23)8-4-2-1-3-5-8/h1-7,9-14H/t9-,10+,11-,12+,13-,14-,17?/m0/s1. The van der Waals surface area contributed by atoms with Crippen molar-refractivity contribution in [2.45, 2.75) is 24.4 Å². The van der Waals surface area contributed by atoms with Gasteiger partial charge in [-0.3, -0.25) is 19.7 Å². The maximum absolute atomic E-state index is 12.7. The molecule has 8 heteroatoms. The molecule has 7 atom stereocenters. The highest BCUT2D eigenvalue weighted by atomic mass is 16.6. The van der Waals surface area contributed by atoms with Gasteiger partial charge in [0.15, 0.2) is 0 Å². The second-order valence-electron chi connectivity index (χ2n) is 6.42. The number of amides is 2. The zero-order valence-corrected chi connectivity index (χ0v) is 12.4. The van der Waals surface area contributed by atoms with Crippen molar-refractivity contribution in [2.24, 2.45) is 11.8 Å². The zero-order valence-electron chi connectivity index (χ0n) is 12.4. The highest BCUT2D eigenvalue weighted by molar-refractivity contribution is 6.06. The van der Waals surface area contributed by atoms with Crippen LogP contribution in [0.3, 0.4) is 0 Å². The molecule has 2 amide bonds. The van der Waals surface area contributed by atoms with E-state index in [1.165, 1.54) is 5.01 Å². The summed E-state index contributed by atoms with van der Waals surface area (Å²) in [4.78, 5) is 36.4. The molecule has 3 fully saturated rings. The second-order valence-corrected chi connectivity index (χ2v) is 6.42. The van der Waals surface area contributed by atoms with Crippen LogP contribution in [0.5, 0.6) is 0 Å². The van der Waals surface area contributed by atoms with Crippen molar-refractivity contribution < 1.29 is 19.2 Å². The van der Waals surface area contributed by atoms with E-state index in [1.807, 2.05) is 6.07 Å². The van der Waals surface area contributed by atoms with Crippen LogP contribution in [0.2, 0.25) is 0 Å². The predicted octanol–water partition coefficient (Wildman–Crippen LogP) is 0.499. The first-order chi connectivity index (χ1) is 11.6. The van der Waals surface area contributed by atoms with Crippen LogP contribution in [-0.2, 0) is 14.3 Å². The highest BCUT2D eigenvalue weighted by Gasteiger charge is 2.71. The number of carbonyl (C=O) groups is 2. The summed E-state index contributed by atoms with van der Waals surface area (Å²) in [5.41, 5.74) is 0.717. The van der Waals surface area contributed by atoms with Crippen LogP contribution >= 0.6 is 0 Å². The van der Waals surface area contributed by atoms with Gasteiger partial charge in [-0.2, -0.15) is 0 Å². The third-order valence-electron chi connectivity index (χ3n) is 5.22. The lowest BCUT2D eigenvalue weighted by Crippen LogP contribution is -2.40. The Morgan fingerprint density at radius 1 is 1.00 bits per heavy atom. The molecular weight excluding hydrogens is 314 g/mol. The van der Waals surface area contributed by atoms with Gasteiger partial charge < -0.3 is 4.74 Å². The molecule has 24 heavy (non-hydrogen) atoms. The van der Waals surface area contributed by atoms with Crippen molar-refractivity contribution in [2.75, 3.05) is 0 Å². The molecule has 122 valence electrons. The van der Waals surface area contributed by atoms with Gasteiger partial charge in [0.25, 0.3) is 11.8 Å². The van der Waals surface area contributed by atoms with Crippen LogP contribution in [0, 0.1) is 22.0 Å². The summed E-state index contributed by atoms with van der Waals surface area (Å²) in [6, 6.07) is 8.31. The zero-order chi connectivity index (χ0) is 16.6. The van der Waals surface area contributed by atoms with E-state index in [-0.39, 0.29) is 0 Å². The lowest BCUT2D eigenvalue weighted by molar-refractivity contribution is -0.510. The Hall–Kier alpha value is -2.58. The molecule has 3 saturated heterocycles. The van der Waals surface area contributed by atoms with E-state index in [0.29, 0.717) is 5.56 Å². The Labute approximate surface area is 136 Å². The van der Waals surface area contributed by atoms with E-state index in [0.717, 1.165) is 5.01 Å². The molecule has 0 saturated carbocycles. The summed E-state index contributed by atoms with van der Waals surface area (Å²) in [5.74, 6) is -1.91. The molecule has 0 spiro atoms. The van der Waals surface area contributed by atoms with E-state index in [1.54, 1.807) is 36.4 Å². The first-order valence-corrected chi connectivity index (χ1v) is 7.78. The van der Waals surface area contributed by atoms with Gasteiger partial charge in [0.2, 0.25) is 0 Å². The number of rotatable bonds is 3. The number of nitrogens with zero attached hydrogens (tertiary/aromatic N) is 3. The molecule has 2 bridgehead atoms. The van der Waals surface area contributed by atoms with Crippen LogP contribution < -0.4 is 0 Å². The summed E-state index contributed by atoms with van der Waals surface area (Å²) < 4.78 is 5.58. The van der Waals surface area contributed by atoms with Gasteiger partial charge in [0, 0.05) is 4.92 Å². The van der Waals surface area contributed by atoms with Crippen molar-refractivity contribution in [3.8, 4) is 0 Å². The first-order valence-electron chi connectivity index (χ1n) is 7.78. The molecule has 8 nitrogen and oxygen atoms in total. The van der Waals surface area contributed by atoms with Gasteiger partial charge in [-0.25, -0.2) is 5.01 Å². The largest absolute Gasteiger partial charge is 0.365 e. The Morgan fingerprint density at radius 3 is 2.12 bits per heavy atom. The summed E-state index contributed by atoms with van der Waals surface area (Å²) in [5, 5.41) is 13.7. The molecule has 5 rings (SSSR count). The van der Waals surface area contributed by atoms with Crippen LogP contribution in [0.4, 0.5) is 0 Å². The van der Waals surface area contributed by atoms with E-state index in [9.17, 15) is 19.7 Å². The molecule has 4 aliphatic rings. The quantitative estimate of drug-likeness (QED) is 0.264. The van der Waals surface area contributed by atoms with Gasteiger partial charge in [-0.15, -0.1) is 5.01 Å². The number of hydrazine groups is 1. The highest BCUT2D eigenvalue weighted by Crippen LogP contribution is 2.51. The second kappa shape index (κ2) is 4.49. The fraction of sp³-hybridized carbons (Fsp3) is 0.375. The Bertz CT molecular complexity index is 764. The van der Waals surface area contributed by atoms with Crippen LogP contribution in [-0.4, -0.2) is 45.1 Å². The SMILES string of the molecule is O=C1[C@@H]2[C@H](C(=O)N1N1[C@@H](c3ccccc3)[C@@H]1[N+](=O)[O-])[C@H]1C=C[C@@H]2O1. The van der Waals surface area contributed by atoms with E-state index in [4.69, 9.17) is 4.74 Å². The summed E-state index contributed by atoms with van der Waals surface area (Å²) in [7, 11) is 0. The number of benzene rings is 1. The average molecular weight is 327 g/mol. The van der Waals surface area contributed by atoms with Crippen LogP contribution in [0.25, 0.3) is 0 Å². The van der Waals surface area contributed by atoms with Crippen LogP contribution in [0.15, 0.2) is 42.5 Å². The number of nitro groups is 1. The van der Waals surface area contributed by atoms with Gasteiger partial charge in [-0.05, 0) is 5.56 Å². The normalized spacial score (nSPS) is 41.8. The average Bonchev–Trinajstić information content (AvgIpc) is 2.87. The molecular formula is C16H13N3O5. The smallest absolute Gasteiger partial charge is 0.307 e. The number of ether oxygens (including phenoxy) is 1. The molecule has 0 N–H and O–H groups in total. The number of carbonyl (C=O) groups excluding carboxylic acids is 2. The molecule has 0 aliphatic carbocycles. The van der Waals surface area contributed by atoms with Gasteiger partial charge in [0.1, 0.15) is 6.04 Å². The van der Waals surface area contributed by atoms with E-state index in [2.05, 4.69) is 0 Å². The monoisotopic (exact) mass is 327 g/mol. The van der Waals surface area contributed by atoms with E-state index >= 15 is 0 Å². The van der Waals surface area contributed by atoms with Crippen LogP contribution in [0.1, 0.15) is 11.6 Å². The maximum atomic E-state index is 12.7. The van der Waals surface area contributed by atoms with E-state index < -0.39 is 53.0 Å². The number of fused-ring (bicyclic) bond motifs is 5. The lowest BCUT2D eigenvalue weighted by atomic mass is 9.85. The lowest BCUT2D eigenvalue weighted by Gasteiger charge is -2.17. The molecule has 0 radical (unpaired) electrons. The van der Waals surface area contributed by atoms with Gasteiger partial charge in [-0.1, -0.05) is 42.5 Å². The number of hydrogen-bond acceptors (Lipinski definition) is 6. The predicted molar refractivity (Wildman–Crippen MR) is 78.4 cm³/mol. The maximum Gasteiger partial charge on any atom is 0.307 e. The minimum absolute atomic E-state index is 0.396. The topological polar surface area (TPSA) is 92.8 Å². The summed E-state index contributed by atoms with van der Waals surface area (Å²) >= 11 is 0. The Balaban J connectivity index is 1.49. The minimum Gasteiger partial charge on any atom is -0.365 e. The van der Waals surface area contributed by atoms with Crippen molar-refractivity contribution >= 4 is 11.8 Å². The third kappa shape index (κ3) is 1.59. The third-order valence-corrected chi connectivity index (χ3v) is 5.22.